The van der Waals surface area contributed by atoms with Gasteiger partial charge in [-0.15, -0.1) is 0 Å². The molecule has 0 aromatic heterocycles. The molecule has 0 aliphatic heterocycles. The molecule has 0 N–H and O–H groups in total. The van der Waals surface area contributed by atoms with Gasteiger partial charge in [0.2, 0.25) is 0 Å². The molecule has 0 saturated heterocycles. The van der Waals surface area contributed by atoms with Crippen LogP contribution in [0.15, 0.2) is 18.2 Å². The van der Waals surface area contributed by atoms with E-state index in [1.54, 1.807) is 18.2 Å². The third-order valence-corrected chi connectivity index (χ3v) is 2.03. The SMILES string of the molecule is COC(=O)c1ccc(OC)cc1OBr. The van der Waals surface area contributed by atoms with Crippen molar-refractivity contribution in [2.45, 2.75) is 0 Å². The number of carbonyl (C=O) groups excluding carboxylic acids is 1. The molecule has 5 heteroatoms. The average Bonchev–Trinajstić information content (AvgIpc) is 2.27. The minimum absolute atomic E-state index is 0.338. The van der Waals surface area contributed by atoms with Gasteiger partial charge in [-0.25, -0.2) is 4.79 Å². The maximum atomic E-state index is 11.2. The van der Waals surface area contributed by atoms with Crippen LogP contribution in [0, 0.1) is 0 Å². The molecule has 0 atom stereocenters. The van der Waals surface area contributed by atoms with E-state index in [1.807, 2.05) is 0 Å². The van der Waals surface area contributed by atoms with E-state index in [-0.39, 0.29) is 0 Å². The Bertz CT molecular complexity index is 338. The van der Waals surface area contributed by atoms with Crippen LogP contribution in [0.2, 0.25) is 0 Å². The van der Waals surface area contributed by atoms with E-state index in [4.69, 9.17) is 8.57 Å². The van der Waals surface area contributed by atoms with Gasteiger partial charge in [0.1, 0.15) is 11.3 Å². The summed E-state index contributed by atoms with van der Waals surface area (Å²) in [5, 5.41) is 0. The monoisotopic (exact) mass is 260 g/mol. The Kier molecular flexibility index (Phi) is 3.76. The quantitative estimate of drug-likeness (QED) is 0.782. The highest BCUT2D eigenvalue weighted by Crippen LogP contribution is 2.26. The molecule has 0 fully saturated rings. The molecule has 0 aliphatic rings. The summed E-state index contributed by atoms with van der Waals surface area (Å²) in [5.74, 6) is 0.505. The lowest BCUT2D eigenvalue weighted by Gasteiger charge is -2.06. The zero-order valence-electron chi connectivity index (χ0n) is 7.74. The summed E-state index contributed by atoms with van der Waals surface area (Å²) in [4.78, 5) is 11.2. The number of hydrogen-bond donors (Lipinski definition) is 0. The number of methoxy groups -OCH3 is 2. The molecule has 1 aromatic carbocycles. The smallest absolute Gasteiger partial charge is 0.341 e. The molecule has 1 aromatic rings. The van der Waals surface area contributed by atoms with Crippen molar-refractivity contribution in [1.82, 2.24) is 0 Å². The second-order valence-electron chi connectivity index (χ2n) is 2.43. The Balaban J connectivity index is 3.11. The van der Waals surface area contributed by atoms with Gasteiger partial charge in [-0.3, -0.25) is 0 Å². The second kappa shape index (κ2) is 4.85. The van der Waals surface area contributed by atoms with Crippen LogP contribution in [0.4, 0.5) is 0 Å². The van der Waals surface area contributed by atoms with Gasteiger partial charge >= 0.3 is 5.97 Å². The van der Waals surface area contributed by atoms with E-state index in [2.05, 4.69) is 21.0 Å². The third-order valence-electron chi connectivity index (χ3n) is 1.68. The summed E-state index contributed by atoms with van der Waals surface area (Å²) in [6.45, 7) is 0. The van der Waals surface area contributed by atoms with Gasteiger partial charge in [0.15, 0.2) is 22.0 Å². The summed E-state index contributed by atoms with van der Waals surface area (Å²) < 4.78 is 14.4. The van der Waals surface area contributed by atoms with E-state index in [0.717, 1.165) is 0 Å². The van der Waals surface area contributed by atoms with E-state index < -0.39 is 5.97 Å². The van der Waals surface area contributed by atoms with Crippen molar-refractivity contribution >= 4 is 22.2 Å². The van der Waals surface area contributed by atoms with E-state index in [0.29, 0.717) is 17.1 Å². The first-order valence-electron chi connectivity index (χ1n) is 3.78. The molecule has 0 aliphatic carbocycles. The van der Waals surface area contributed by atoms with Crippen LogP contribution < -0.4 is 8.57 Å². The molecule has 0 heterocycles. The maximum absolute atomic E-state index is 11.2. The van der Waals surface area contributed by atoms with Gasteiger partial charge in [-0.2, -0.15) is 0 Å². The Hall–Kier alpha value is -1.23. The third kappa shape index (κ3) is 2.17. The van der Waals surface area contributed by atoms with Crippen molar-refractivity contribution in [3.8, 4) is 11.5 Å². The number of hydrogen-bond acceptors (Lipinski definition) is 4. The molecule has 4 nitrogen and oxygen atoms in total. The highest BCUT2D eigenvalue weighted by Gasteiger charge is 2.13. The van der Waals surface area contributed by atoms with Crippen LogP contribution in [0.5, 0.6) is 11.5 Å². The summed E-state index contributed by atoms with van der Waals surface area (Å²) in [7, 11) is 2.84. The average molecular weight is 261 g/mol. The van der Waals surface area contributed by atoms with Crippen LogP contribution in [-0.2, 0) is 4.74 Å². The van der Waals surface area contributed by atoms with Crippen LogP contribution in [-0.4, -0.2) is 20.2 Å². The lowest BCUT2D eigenvalue weighted by Crippen LogP contribution is -2.02. The van der Waals surface area contributed by atoms with Gasteiger partial charge in [0.25, 0.3) is 0 Å². The highest BCUT2D eigenvalue weighted by atomic mass is 79.9. The highest BCUT2D eigenvalue weighted by molar-refractivity contribution is 9.06. The Morgan fingerprint density at radius 2 is 2.07 bits per heavy atom. The minimum atomic E-state index is -0.456. The standard InChI is InChI=1S/C9H9BrO4/c1-12-6-3-4-7(9(11)13-2)8(5-6)14-10/h3-5H,1-2H3. The van der Waals surface area contributed by atoms with E-state index in [1.165, 1.54) is 14.2 Å². The molecular weight excluding hydrogens is 252 g/mol. The molecule has 0 saturated carbocycles. The predicted molar refractivity (Wildman–Crippen MR) is 53.9 cm³/mol. The first-order chi connectivity index (χ1) is 6.72. The number of carbonyl (C=O) groups is 1. The van der Waals surface area contributed by atoms with Crippen molar-refractivity contribution in [1.29, 1.82) is 0 Å². The van der Waals surface area contributed by atoms with Crippen molar-refractivity contribution in [3.63, 3.8) is 0 Å². The number of benzene rings is 1. The second-order valence-corrected chi connectivity index (χ2v) is 2.75. The molecule has 0 bridgehead atoms. The van der Waals surface area contributed by atoms with Crippen LogP contribution in [0.25, 0.3) is 0 Å². The molecule has 0 radical (unpaired) electrons. The van der Waals surface area contributed by atoms with Crippen LogP contribution in [0.3, 0.4) is 0 Å². The molecule has 0 amide bonds. The van der Waals surface area contributed by atoms with Crippen molar-refractivity contribution < 1.29 is 18.1 Å². The zero-order chi connectivity index (χ0) is 10.6. The fourth-order valence-electron chi connectivity index (χ4n) is 0.972. The summed E-state index contributed by atoms with van der Waals surface area (Å²) in [5.41, 5.74) is 0.338. The minimum Gasteiger partial charge on any atom is -0.497 e. The summed E-state index contributed by atoms with van der Waals surface area (Å²) in [6, 6.07) is 4.81. The molecule has 1 rings (SSSR count). The molecular formula is C9H9BrO4. The summed E-state index contributed by atoms with van der Waals surface area (Å²) in [6.07, 6.45) is 0. The number of halogens is 1. The van der Waals surface area contributed by atoms with Crippen LogP contribution in [0.1, 0.15) is 10.4 Å². The van der Waals surface area contributed by atoms with E-state index >= 15 is 0 Å². The van der Waals surface area contributed by atoms with Crippen molar-refractivity contribution in [2.24, 2.45) is 0 Å². The normalized spacial score (nSPS) is 9.36. The van der Waals surface area contributed by atoms with Gasteiger partial charge in [-0.05, 0) is 12.1 Å². The fraction of sp³-hybridized carbons (Fsp3) is 0.222. The Morgan fingerprint density at radius 1 is 1.36 bits per heavy atom. The van der Waals surface area contributed by atoms with E-state index in [9.17, 15) is 4.79 Å². The molecule has 0 spiro atoms. The van der Waals surface area contributed by atoms with Gasteiger partial charge in [0, 0.05) is 6.07 Å². The molecule has 14 heavy (non-hydrogen) atoms. The van der Waals surface area contributed by atoms with Crippen molar-refractivity contribution in [3.05, 3.63) is 23.8 Å². The largest absolute Gasteiger partial charge is 0.497 e. The number of rotatable bonds is 3. The van der Waals surface area contributed by atoms with Gasteiger partial charge in [0.05, 0.1) is 14.2 Å². The summed E-state index contributed by atoms with van der Waals surface area (Å²) >= 11 is 2.81. The number of esters is 1. The van der Waals surface area contributed by atoms with Gasteiger partial charge < -0.3 is 13.3 Å². The van der Waals surface area contributed by atoms with Crippen molar-refractivity contribution in [2.75, 3.05) is 14.2 Å². The topological polar surface area (TPSA) is 44.8 Å². The van der Waals surface area contributed by atoms with Gasteiger partial charge in [-0.1, -0.05) is 0 Å². The van der Waals surface area contributed by atoms with Crippen LogP contribution >= 0.6 is 16.3 Å². The maximum Gasteiger partial charge on any atom is 0.341 e. The molecule has 76 valence electrons. The first kappa shape index (κ1) is 10.8. The zero-order valence-corrected chi connectivity index (χ0v) is 9.33. The first-order valence-corrected chi connectivity index (χ1v) is 4.42. The fourth-order valence-corrected chi connectivity index (χ4v) is 1.24. The lowest BCUT2D eigenvalue weighted by atomic mass is 10.2. The Morgan fingerprint density at radius 3 is 2.57 bits per heavy atom. The predicted octanol–water partition coefficient (Wildman–Crippen LogP) is 2.17. The molecule has 0 unspecified atom stereocenters. The Labute approximate surface area is 90.2 Å². The lowest BCUT2D eigenvalue weighted by molar-refractivity contribution is 0.0599. The number of ether oxygens (including phenoxy) is 2.